The second-order valence-corrected chi connectivity index (χ2v) is 9.29. The van der Waals surface area contributed by atoms with E-state index in [1.54, 1.807) is 0 Å². The van der Waals surface area contributed by atoms with Crippen LogP contribution in [0, 0.1) is 17.6 Å². The van der Waals surface area contributed by atoms with Gasteiger partial charge in [-0.1, -0.05) is 0 Å². The van der Waals surface area contributed by atoms with Gasteiger partial charge in [-0.05, 0) is 18.8 Å². The highest BCUT2D eigenvalue weighted by Crippen LogP contribution is 2.34. The molecular formula is C16H19F2N3O3S. The summed E-state index contributed by atoms with van der Waals surface area (Å²) in [6.07, 6.45) is 3.12. The summed E-state index contributed by atoms with van der Waals surface area (Å²) >= 11 is 0. The smallest absolute Gasteiger partial charge is 0.275 e. The van der Waals surface area contributed by atoms with E-state index >= 15 is 0 Å². The molecule has 1 aliphatic carbocycles. The zero-order valence-electron chi connectivity index (χ0n) is 13.6. The molecular weight excluding hydrogens is 352 g/mol. The average molecular weight is 371 g/mol. The van der Waals surface area contributed by atoms with Gasteiger partial charge >= 0.3 is 0 Å². The Balaban J connectivity index is 1.60. The summed E-state index contributed by atoms with van der Waals surface area (Å²) < 4.78 is 51.3. The highest BCUT2D eigenvalue weighted by atomic mass is 32.2. The molecule has 9 heteroatoms. The van der Waals surface area contributed by atoms with Crippen molar-refractivity contribution in [1.82, 2.24) is 14.8 Å². The van der Waals surface area contributed by atoms with Crippen LogP contribution in [0.1, 0.15) is 23.3 Å². The van der Waals surface area contributed by atoms with E-state index in [0.717, 1.165) is 25.6 Å². The number of nitrogens with zero attached hydrogens (tertiary/aromatic N) is 3. The fourth-order valence-electron chi connectivity index (χ4n) is 3.84. The van der Waals surface area contributed by atoms with Crippen molar-refractivity contribution >= 4 is 15.7 Å². The zero-order chi connectivity index (χ0) is 17.8. The number of hydrogen-bond donors (Lipinski definition) is 0. The van der Waals surface area contributed by atoms with Crippen molar-refractivity contribution < 1.29 is 22.0 Å². The van der Waals surface area contributed by atoms with E-state index < -0.39 is 39.1 Å². The second kappa shape index (κ2) is 5.98. The van der Waals surface area contributed by atoms with Crippen molar-refractivity contribution in [3.8, 4) is 0 Å². The maximum Gasteiger partial charge on any atom is 0.275 e. The summed E-state index contributed by atoms with van der Waals surface area (Å²) in [6, 6.07) is -0.144. The number of rotatable bonds is 3. The number of pyridine rings is 1. The summed E-state index contributed by atoms with van der Waals surface area (Å²) in [4.78, 5) is 19.9. The number of sulfone groups is 1. The molecule has 2 aliphatic heterocycles. The standard InChI is InChI=1S/C16H19F2N3O3S/c17-11-5-12(18)15(19-6-11)16(22)21-4-3-20(7-10-1-2-10)13-8-25(23,24)9-14(13)21/h5-6,10,13-14H,1-4,7-9H2/t13-,14+/m1/s1. The summed E-state index contributed by atoms with van der Waals surface area (Å²) in [6.45, 7) is 1.73. The molecule has 25 heavy (non-hydrogen) atoms. The van der Waals surface area contributed by atoms with Crippen molar-refractivity contribution in [3.05, 3.63) is 29.6 Å². The average Bonchev–Trinajstić information content (AvgIpc) is 3.27. The Labute approximate surface area is 144 Å². The van der Waals surface area contributed by atoms with Crippen molar-refractivity contribution in [2.45, 2.75) is 24.9 Å². The Morgan fingerprint density at radius 2 is 1.92 bits per heavy atom. The number of piperazine rings is 1. The highest BCUT2D eigenvalue weighted by Gasteiger charge is 2.49. The minimum Gasteiger partial charge on any atom is -0.330 e. The monoisotopic (exact) mass is 371 g/mol. The molecule has 0 N–H and O–H groups in total. The summed E-state index contributed by atoms with van der Waals surface area (Å²) in [5.41, 5.74) is -0.458. The van der Waals surface area contributed by atoms with Crippen LogP contribution in [0.5, 0.6) is 0 Å². The molecule has 0 spiro atoms. The van der Waals surface area contributed by atoms with Crippen molar-refractivity contribution in [3.63, 3.8) is 0 Å². The van der Waals surface area contributed by atoms with Crippen molar-refractivity contribution in [2.24, 2.45) is 5.92 Å². The Kier molecular flexibility index (Phi) is 4.03. The van der Waals surface area contributed by atoms with E-state index in [1.165, 1.54) is 4.90 Å². The van der Waals surface area contributed by atoms with Gasteiger partial charge in [0.15, 0.2) is 21.3 Å². The molecule has 2 atom stereocenters. The third-order valence-corrected chi connectivity index (χ3v) is 6.95. The lowest BCUT2D eigenvalue weighted by atomic mass is 10.0. The van der Waals surface area contributed by atoms with Crippen LogP contribution in [0.3, 0.4) is 0 Å². The topological polar surface area (TPSA) is 70.6 Å². The fourth-order valence-corrected chi connectivity index (χ4v) is 5.86. The first-order valence-electron chi connectivity index (χ1n) is 8.40. The van der Waals surface area contributed by atoms with E-state index in [1.807, 2.05) is 0 Å². The van der Waals surface area contributed by atoms with Crippen LogP contribution >= 0.6 is 0 Å². The van der Waals surface area contributed by atoms with E-state index in [2.05, 4.69) is 9.88 Å². The molecule has 2 saturated heterocycles. The lowest BCUT2D eigenvalue weighted by Crippen LogP contribution is -2.61. The maximum atomic E-state index is 13.9. The van der Waals surface area contributed by atoms with Crippen molar-refractivity contribution in [1.29, 1.82) is 0 Å². The molecule has 1 aromatic heterocycles. The van der Waals surface area contributed by atoms with Crippen LogP contribution in [-0.2, 0) is 9.84 Å². The number of amides is 1. The highest BCUT2D eigenvalue weighted by molar-refractivity contribution is 7.91. The number of carbonyl (C=O) groups excluding carboxylic acids is 1. The first kappa shape index (κ1) is 16.8. The predicted octanol–water partition coefficient (Wildman–Crippen LogP) is 0.693. The molecule has 136 valence electrons. The van der Waals surface area contributed by atoms with Gasteiger partial charge in [-0.25, -0.2) is 22.2 Å². The Morgan fingerprint density at radius 3 is 2.60 bits per heavy atom. The van der Waals surface area contributed by atoms with Gasteiger partial charge in [-0.3, -0.25) is 9.69 Å². The molecule has 6 nitrogen and oxygen atoms in total. The lowest BCUT2D eigenvalue weighted by Gasteiger charge is -2.43. The Morgan fingerprint density at radius 1 is 1.20 bits per heavy atom. The molecule has 4 rings (SSSR count). The van der Waals surface area contributed by atoms with Gasteiger partial charge in [0.2, 0.25) is 0 Å². The first-order valence-corrected chi connectivity index (χ1v) is 10.2. The van der Waals surface area contributed by atoms with Gasteiger partial charge in [-0.15, -0.1) is 0 Å². The van der Waals surface area contributed by atoms with Crippen molar-refractivity contribution in [2.75, 3.05) is 31.1 Å². The van der Waals surface area contributed by atoms with Crippen LogP contribution in [-0.4, -0.2) is 72.3 Å². The number of carbonyl (C=O) groups is 1. The van der Waals surface area contributed by atoms with Gasteiger partial charge in [-0.2, -0.15) is 0 Å². The number of aromatic nitrogens is 1. The summed E-state index contributed by atoms with van der Waals surface area (Å²) in [5.74, 6) is -2.04. The zero-order valence-corrected chi connectivity index (χ0v) is 14.4. The summed E-state index contributed by atoms with van der Waals surface area (Å²) in [7, 11) is -3.25. The van der Waals surface area contributed by atoms with E-state index in [-0.39, 0.29) is 17.5 Å². The molecule has 0 bridgehead atoms. The molecule has 0 aromatic carbocycles. The Hall–Kier alpha value is -1.61. The SMILES string of the molecule is O=C(c1ncc(F)cc1F)N1CCN(CC2CC2)[C@@H]2CS(=O)(=O)C[C@@H]21. The third-order valence-electron chi connectivity index (χ3n) is 5.25. The number of hydrogen-bond acceptors (Lipinski definition) is 5. The normalized spacial score (nSPS) is 28.8. The van der Waals surface area contributed by atoms with E-state index in [9.17, 15) is 22.0 Å². The molecule has 3 fully saturated rings. The first-order chi connectivity index (χ1) is 11.8. The Bertz CT molecular complexity index is 813. The van der Waals surface area contributed by atoms with Gasteiger partial charge < -0.3 is 4.90 Å². The quantitative estimate of drug-likeness (QED) is 0.782. The van der Waals surface area contributed by atoms with Gasteiger partial charge in [0.25, 0.3) is 5.91 Å². The molecule has 1 amide bonds. The third kappa shape index (κ3) is 3.27. The number of halogens is 2. The van der Waals surface area contributed by atoms with Crippen LogP contribution in [0.15, 0.2) is 12.3 Å². The largest absolute Gasteiger partial charge is 0.330 e. The van der Waals surface area contributed by atoms with Gasteiger partial charge in [0, 0.05) is 31.7 Å². The van der Waals surface area contributed by atoms with Crippen LogP contribution < -0.4 is 0 Å². The van der Waals surface area contributed by atoms with E-state index in [4.69, 9.17) is 0 Å². The summed E-state index contributed by atoms with van der Waals surface area (Å²) in [5, 5.41) is 0. The minimum absolute atomic E-state index is 0.0213. The van der Waals surface area contributed by atoms with E-state index in [0.29, 0.717) is 25.1 Å². The van der Waals surface area contributed by atoms with Crippen LogP contribution in [0.4, 0.5) is 8.78 Å². The minimum atomic E-state index is -3.25. The second-order valence-electron chi connectivity index (χ2n) is 7.13. The molecule has 0 unspecified atom stereocenters. The predicted molar refractivity (Wildman–Crippen MR) is 85.7 cm³/mol. The van der Waals surface area contributed by atoms with Crippen LogP contribution in [0.2, 0.25) is 0 Å². The van der Waals surface area contributed by atoms with Crippen LogP contribution in [0.25, 0.3) is 0 Å². The van der Waals surface area contributed by atoms with Gasteiger partial charge in [0.1, 0.15) is 5.82 Å². The molecule has 3 heterocycles. The molecule has 3 aliphatic rings. The lowest BCUT2D eigenvalue weighted by molar-refractivity contribution is 0.0309. The molecule has 1 saturated carbocycles. The fraction of sp³-hybridized carbons (Fsp3) is 0.625. The maximum absolute atomic E-state index is 13.9. The van der Waals surface area contributed by atoms with Gasteiger partial charge in [0.05, 0.1) is 23.7 Å². The molecule has 1 aromatic rings. The molecule has 0 radical (unpaired) electrons. The number of fused-ring (bicyclic) bond motifs is 1.